The average molecular weight is 418 g/mol. The normalized spacial score (nSPS) is 19.1. The third-order valence-corrected chi connectivity index (χ3v) is 7.95. The van der Waals surface area contributed by atoms with E-state index in [1.165, 1.54) is 31.2 Å². The number of nitrogens with zero attached hydrogens (tertiary/aromatic N) is 1. The Morgan fingerprint density at radius 1 is 1.19 bits per heavy atom. The number of likely N-dealkylation sites (tertiary alicyclic amines) is 1. The van der Waals surface area contributed by atoms with Gasteiger partial charge in [0.1, 0.15) is 0 Å². The molecule has 1 atom stereocenters. The molecule has 1 heterocycles. The van der Waals surface area contributed by atoms with Crippen molar-refractivity contribution in [1.82, 2.24) is 9.62 Å². The van der Waals surface area contributed by atoms with E-state index >= 15 is 0 Å². The Morgan fingerprint density at radius 3 is 2.41 bits per heavy atom. The van der Waals surface area contributed by atoms with Crippen LogP contribution in [0.15, 0.2) is 34.1 Å². The number of nitrogens with one attached hydrogen (secondary N) is 1. The van der Waals surface area contributed by atoms with Gasteiger partial charge in [-0.1, -0.05) is 6.92 Å². The molecule has 10 heteroatoms. The van der Waals surface area contributed by atoms with Crippen molar-refractivity contribution < 1.29 is 21.6 Å². The van der Waals surface area contributed by atoms with Crippen LogP contribution in [0, 0.1) is 5.92 Å². The molecule has 8 nitrogen and oxygen atoms in total. The van der Waals surface area contributed by atoms with Crippen LogP contribution < -0.4 is 10.5 Å². The van der Waals surface area contributed by atoms with Crippen molar-refractivity contribution in [1.29, 1.82) is 0 Å². The van der Waals surface area contributed by atoms with Gasteiger partial charge in [0.15, 0.2) is 9.84 Å². The van der Waals surface area contributed by atoms with E-state index in [2.05, 4.69) is 9.62 Å². The van der Waals surface area contributed by atoms with Crippen LogP contribution in [0.2, 0.25) is 0 Å². The van der Waals surface area contributed by atoms with Crippen LogP contribution in [0.4, 0.5) is 0 Å². The molecule has 0 saturated carbocycles. The molecule has 1 aliphatic rings. The summed E-state index contributed by atoms with van der Waals surface area (Å²) in [5, 5.41) is 0. The first kappa shape index (κ1) is 21.8. The van der Waals surface area contributed by atoms with Gasteiger partial charge in [0.25, 0.3) is 0 Å². The molecule has 0 aliphatic carbocycles. The van der Waals surface area contributed by atoms with Crippen molar-refractivity contribution in [2.24, 2.45) is 11.7 Å². The maximum absolute atomic E-state index is 12.3. The number of benzene rings is 1. The Bertz CT molecular complexity index is 851. The molecule has 1 fully saturated rings. The van der Waals surface area contributed by atoms with Crippen molar-refractivity contribution >= 4 is 25.8 Å². The second-order valence-electron chi connectivity index (χ2n) is 6.67. The molecule has 1 aromatic carbocycles. The van der Waals surface area contributed by atoms with Gasteiger partial charge in [-0.15, -0.1) is 0 Å². The van der Waals surface area contributed by atoms with E-state index in [4.69, 9.17) is 5.73 Å². The minimum absolute atomic E-state index is 0.0318. The Balaban J connectivity index is 1.85. The van der Waals surface area contributed by atoms with Gasteiger partial charge in [-0.3, -0.25) is 4.79 Å². The maximum Gasteiger partial charge on any atom is 0.240 e. The summed E-state index contributed by atoms with van der Waals surface area (Å²) < 4.78 is 50.7. The number of primary amides is 1. The van der Waals surface area contributed by atoms with Crippen molar-refractivity contribution in [3.63, 3.8) is 0 Å². The number of amides is 1. The average Bonchev–Trinajstić information content (AvgIpc) is 2.65. The highest BCUT2D eigenvalue weighted by Crippen LogP contribution is 2.17. The number of hydrogen-bond acceptors (Lipinski definition) is 6. The van der Waals surface area contributed by atoms with Gasteiger partial charge in [-0.2, -0.15) is 0 Å². The van der Waals surface area contributed by atoms with Gasteiger partial charge in [0, 0.05) is 13.1 Å². The Hall–Kier alpha value is -1.49. The van der Waals surface area contributed by atoms with Gasteiger partial charge in [0.05, 0.1) is 21.5 Å². The lowest BCUT2D eigenvalue weighted by Gasteiger charge is -2.31. The van der Waals surface area contributed by atoms with Gasteiger partial charge in [-0.05, 0) is 56.6 Å². The van der Waals surface area contributed by atoms with Crippen LogP contribution in [-0.2, 0) is 24.7 Å². The zero-order valence-electron chi connectivity index (χ0n) is 15.4. The lowest BCUT2D eigenvalue weighted by Crippen LogP contribution is -2.42. The Kier molecular flexibility index (Phi) is 7.38. The van der Waals surface area contributed by atoms with Gasteiger partial charge in [-0.25, -0.2) is 21.6 Å². The standard InChI is InChI=1S/C17H27N3O5S2/c1-2-26(22,23)15-6-8-16(9-7-15)27(24,25)19-10-4-12-20-11-3-5-14(13-20)17(18)21/h6-9,14,19H,2-5,10-13H2,1H3,(H2,18,21). The smallest absolute Gasteiger partial charge is 0.240 e. The van der Waals surface area contributed by atoms with E-state index in [1.54, 1.807) is 0 Å². The number of sulfonamides is 1. The van der Waals surface area contributed by atoms with Crippen LogP contribution in [0.25, 0.3) is 0 Å². The van der Waals surface area contributed by atoms with E-state index in [1.807, 2.05) is 0 Å². The highest BCUT2D eigenvalue weighted by molar-refractivity contribution is 7.91. The van der Waals surface area contributed by atoms with Gasteiger partial charge >= 0.3 is 0 Å². The first-order chi connectivity index (χ1) is 12.7. The lowest BCUT2D eigenvalue weighted by molar-refractivity contribution is -0.123. The van der Waals surface area contributed by atoms with Gasteiger partial charge in [0.2, 0.25) is 15.9 Å². The molecule has 1 saturated heterocycles. The predicted molar refractivity (Wildman–Crippen MR) is 102 cm³/mol. The van der Waals surface area contributed by atoms with Crippen molar-refractivity contribution in [2.45, 2.75) is 36.0 Å². The summed E-state index contributed by atoms with van der Waals surface area (Å²) in [5.41, 5.74) is 5.36. The first-order valence-electron chi connectivity index (χ1n) is 9.00. The zero-order valence-corrected chi connectivity index (χ0v) is 17.1. The second-order valence-corrected chi connectivity index (χ2v) is 10.7. The quantitative estimate of drug-likeness (QED) is 0.558. The van der Waals surface area contributed by atoms with Crippen molar-refractivity contribution in [3.8, 4) is 0 Å². The predicted octanol–water partition coefficient (Wildman–Crippen LogP) is 0.346. The topological polar surface area (TPSA) is 127 Å². The summed E-state index contributed by atoms with van der Waals surface area (Å²) >= 11 is 0. The Morgan fingerprint density at radius 2 is 1.81 bits per heavy atom. The summed E-state index contributed by atoms with van der Waals surface area (Å²) in [6.45, 7) is 3.98. The summed E-state index contributed by atoms with van der Waals surface area (Å²) in [5.74, 6) is -0.452. The fraction of sp³-hybridized carbons (Fsp3) is 0.588. The van der Waals surface area contributed by atoms with Crippen LogP contribution in [0.3, 0.4) is 0 Å². The number of piperidine rings is 1. The lowest BCUT2D eigenvalue weighted by atomic mass is 9.97. The van der Waals surface area contributed by atoms with Crippen molar-refractivity contribution in [3.05, 3.63) is 24.3 Å². The first-order valence-corrected chi connectivity index (χ1v) is 12.1. The molecule has 3 N–H and O–H groups in total. The minimum Gasteiger partial charge on any atom is -0.369 e. The van der Waals surface area contributed by atoms with E-state index in [0.717, 1.165) is 19.4 Å². The third-order valence-electron chi connectivity index (χ3n) is 4.72. The molecule has 0 aromatic heterocycles. The van der Waals surface area contributed by atoms with Crippen LogP contribution in [-0.4, -0.2) is 59.6 Å². The van der Waals surface area contributed by atoms with Crippen LogP contribution >= 0.6 is 0 Å². The molecule has 0 radical (unpaired) electrons. The molecule has 1 amide bonds. The number of nitrogens with two attached hydrogens (primary N) is 1. The fourth-order valence-corrected chi connectivity index (χ4v) is 5.03. The largest absolute Gasteiger partial charge is 0.369 e. The second kappa shape index (κ2) is 9.13. The van der Waals surface area contributed by atoms with E-state index in [-0.39, 0.29) is 33.9 Å². The highest BCUT2D eigenvalue weighted by atomic mass is 32.2. The number of carbonyl (C=O) groups excluding carboxylic acids is 1. The molecule has 27 heavy (non-hydrogen) atoms. The van der Waals surface area contributed by atoms with E-state index in [0.29, 0.717) is 19.5 Å². The molecule has 152 valence electrons. The molecule has 0 bridgehead atoms. The third kappa shape index (κ3) is 6.00. The summed E-state index contributed by atoms with van der Waals surface area (Å²) in [4.78, 5) is 13.6. The summed E-state index contributed by atoms with van der Waals surface area (Å²) in [6, 6.07) is 5.22. The van der Waals surface area contributed by atoms with Crippen LogP contribution in [0.5, 0.6) is 0 Å². The molecule has 1 aliphatic heterocycles. The number of rotatable bonds is 9. The summed E-state index contributed by atoms with van der Waals surface area (Å²) in [7, 11) is -7.05. The fourth-order valence-electron chi connectivity index (χ4n) is 3.08. The zero-order chi connectivity index (χ0) is 20.1. The minimum atomic E-state index is -3.69. The number of carbonyl (C=O) groups is 1. The van der Waals surface area contributed by atoms with Gasteiger partial charge < -0.3 is 10.6 Å². The van der Waals surface area contributed by atoms with Crippen LogP contribution in [0.1, 0.15) is 26.2 Å². The Labute approximate surface area is 161 Å². The number of sulfone groups is 1. The highest BCUT2D eigenvalue weighted by Gasteiger charge is 2.23. The molecule has 2 rings (SSSR count). The van der Waals surface area contributed by atoms with Crippen molar-refractivity contribution in [2.75, 3.05) is 31.9 Å². The monoisotopic (exact) mass is 417 g/mol. The summed E-state index contributed by atoms with van der Waals surface area (Å²) in [6.07, 6.45) is 2.32. The SMILES string of the molecule is CCS(=O)(=O)c1ccc(S(=O)(=O)NCCCN2CCCC(C(N)=O)C2)cc1. The van der Waals surface area contributed by atoms with E-state index < -0.39 is 19.9 Å². The molecular formula is C17H27N3O5S2. The maximum atomic E-state index is 12.3. The molecule has 1 aromatic rings. The number of hydrogen-bond donors (Lipinski definition) is 2. The molecular weight excluding hydrogens is 390 g/mol. The molecule has 1 unspecified atom stereocenters. The van der Waals surface area contributed by atoms with E-state index in [9.17, 15) is 21.6 Å². The molecule has 0 spiro atoms.